The van der Waals surface area contributed by atoms with Crippen LogP contribution in [0, 0.1) is 13.8 Å². The zero-order valence-corrected chi connectivity index (χ0v) is 28.5. The Morgan fingerprint density at radius 2 is 0.600 bits per heavy atom. The fourth-order valence-corrected chi connectivity index (χ4v) is 6.26. The van der Waals surface area contributed by atoms with Gasteiger partial charge in [0.05, 0.1) is 0 Å². The predicted octanol–water partition coefficient (Wildman–Crippen LogP) is 13.6. The van der Waals surface area contributed by atoms with E-state index in [2.05, 4.69) is 230 Å². The lowest BCUT2D eigenvalue weighted by Crippen LogP contribution is -2.10. The van der Waals surface area contributed by atoms with Crippen LogP contribution in [0.15, 0.2) is 182 Å². The van der Waals surface area contributed by atoms with Crippen molar-refractivity contribution in [3.8, 4) is 0 Å². The Morgan fingerprint density at radius 3 is 0.880 bits per heavy atom. The lowest BCUT2D eigenvalue weighted by Gasteiger charge is -2.26. The number of anilines is 6. The average Bonchev–Trinajstić information content (AvgIpc) is 3.17. The maximum absolute atomic E-state index is 2.30. The molecule has 0 aliphatic rings. The van der Waals surface area contributed by atoms with E-state index in [-0.39, 0.29) is 0 Å². The lowest BCUT2D eigenvalue weighted by molar-refractivity contribution is 1.27. The summed E-state index contributed by atoms with van der Waals surface area (Å²) in [7, 11) is 0. The summed E-state index contributed by atoms with van der Waals surface area (Å²) in [5.74, 6) is 0. The molecule has 0 bridgehead atoms. The van der Waals surface area contributed by atoms with E-state index in [1.807, 2.05) is 0 Å². The molecule has 0 aliphatic carbocycles. The normalized spacial score (nSPS) is 11.2. The van der Waals surface area contributed by atoms with Gasteiger partial charge in [0.2, 0.25) is 0 Å². The topological polar surface area (TPSA) is 6.48 Å². The summed E-state index contributed by atoms with van der Waals surface area (Å²) in [5.41, 5.74) is 14.0. The highest BCUT2D eigenvalue weighted by molar-refractivity contribution is 5.81. The second kappa shape index (κ2) is 15.2. The summed E-state index contributed by atoms with van der Waals surface area (Å²) in [4.78, 5) is 4.60. The van der Waals surface area contributed by atoms with Crippen molar-refractivity contribution in [2.24, 2.45) is 0 Å². The van der Waals surface area contributed by atoms with Crippen LogP contribution in [0.2, 0.25) is 0 Å². The molecule has 242 valence electrons. The molecule has 0 heterocycles. The van der Waals surface area contributed by atoms with Crippen molar-refractivity contribution in [2.75, 3.05) is 9.80 Å². The Morgan fingerprint density at radius 1 is 0.300 bits per heavy atom. The van der Waals surface area contributed by atoms with Crippen LogP contribution in [0.4, 0.5) is 34.1 Å². The Balaban J connectivity index is 1.05. The summed E-state index contributed by atoms with van der Waals surface area (Å²) >= 11 is 0. The van der Waals surface area contributed by atoms with E-state index in [0.717, 1.165) is 34.1 Å². The molecule has 7 aromatic rings. The summed E-state index contributed by atoms with van der Waals surface area (Å²) in [6.45, 7) is 4.36. The van der Waals surface area contributed by atoms with Crippen LogP contribution in [0.25, 0.3) is 24.3 Å². The third-order valence-electron chi connectivity index (χ3n) is 8.93. The smallest absolute Gasteiger partial charge is 0.0464 e. The van der Waals surface area contributed by atoms with Gasteiger partial charge in [-0.2, -0.15) is 0 Å². The summed E-state index contributed by atoms with van der Waals surface area (Å²) < 4.78 is 0. The van der Waals surface area contributed by atoms with Gasteiger partial charge in [0.1, 0.15) is 0 Å². The van der Waals surface area contributed by atoms with E-state index in [9.17, 15) is 0 Å². The highest BCUT2D eigenvalue weighted by Gasteiger charge is 2.14. The highest BCUT2D eigenvalue weighted by Crippen LogP contribution is 2.36. The molecule has 0 radical (unpaired) electrons. The third kappa shape index (κ3) is 7.51. The Kier molecular flexibility index (Phi) is 9.80. The second-order valence-corrected chi connectivity index (χ2v) is 12.4. The second-order valence-electron chi connectivity index (χ2n) is 12.4. The number of nitrogens with zero attached hydrogens (tertiary/aromatic N) is 2. The van der Waals surface area contributed by atoms with E-state index in [1.165, 1.54) is 33.4 Å². The van der Waals surface area contributed by atoms with Crippen molar-refractivity contribution in [1.82, 2.24) is 0 Å². The van der Waals surface area contributed by atoms with E-state index in [0.29, 0.717) is 0 Å². The van der Waals surface area contributed by atoms with Gasteiger partial charge < -0.3 is 9.80 Å². The third-order valence-corrected chi connectivity index (χ3v) is 8.93. The minimum Gasteiger partial charge on any atom is -0.310 e. The van der Waals surface area contributed by atoms with Crippen molar-refractivity contribution in [3.63, 3.8) is 0 Å². The SMILES string of the molecule is Cc1cc(N(c2ccccc2)c2ccccc2)ccc1C=Cc1ccc(C=Cc2ccc(N(c3ccccc3)c3ccccc3)cc2C)cc1. The minimum atomic E-state index is 1.14. The molecular formula is C48H40N2. The van der Waals surface area contributed by atoms with Crippen molar-refractivity contribution < 1.29 is 0 Å². The van der Waals surface area contributed by atoms with Gasteiger partial charge in [-0.1, -0.05) is 133 Å². The maximum atomic E-state index is 2.30. The standard InChI is InChI=1S/C48H40N2/c1-37-35-47(49(43-15-7-3-8-16-43)44-17-9-4-10-18-44)33-31-41(37)29-27-39-23-25-40(26-24-39)28-30-42-32-34-48(36-38(42)2)50(45-19-11-5-12-20-45)46-21-13-6-14-22-46/h3-36H,1-2H3. The maximum Gasteiger partial charge on any atom is 0.0464 e. The Bertz CT molecular complexity index is 1960. The van der Waals surface area contributed by atoms with E-state index < -0.39 is 0 Å². The fourth-order valence-electron chi connectivity index (χ4n) is 6.26. The number of aryl methyl sites for hydroxylation is 2. The minimum absolute atomic E-state index is 1.14. The first-order valence-corrected chi connectivity index (χ1v) is 17.1. The first-order chi connectivity index (χ1) is 24.6. The molecule has 0 spiro atoms. The summed E-state index contributed by atoms with van der Waals surface area (Å²) in [6, 6.07) is 64.2. The van der Waals surface area contributed by atoms with Gasteiger partial charge >= 0.3 is 0 Å². The van der Waals surface area contributed by atoms with Crippen molar-refractivity contribution >= 4 is 58.4 Å². The van der Waals surface area contributed by atoms with Crippen LogP contribution >= 0.6 is 0 Å². The van der Waals surface area contributed by atoms with Crippen LogP contribution in [0.1, 0.15) is 33.4 Å². The number of rotatable bonds is 10. The molecule has 0 saturated carbocycles. The molecule has 0 amide bonds. The Labute approximate surface area is 296 Å². The summed E-state index contributed by atoms with van der Waals surface area (Å²) in [5, 5.41) is 0. The first kappa shape index (κ1) is 32.2. The van der Waals surface area contributed by atoms with Crippen LogP contribution in [0.5, 0.6) is 0 Å². The first-order valence-electron chi connectivity index (χ1n) is 17.1. The van der Waals surface area contributed by atoms with Crippen LogP contribution in [0.3, 0.4) is 0 Å². The van der Waals surface area contributed by atoms with Crippen LogP contribution < -0.4 is 9.80 Å². The molecule has 7 rings (SSSR count). The molecule has 50 heavy (non-hydrogen) atoms. The van der Waals surface area contributed by atoms with E-state index in [1.54, 1.807) is 0 Å². The summed E-state index contributed by atoms with van der Waals surface area (Å²) in [6.07, 6.45) is 8.79. The van der Waals surface area contributed by atoms with Crippen molar-refractivity contribution in [3.05, 3.63) is 215 Å². The number of benzene rings is 7. The quantitative estimate of drug-likeness (QED) is 0.137. The lowest BCUT2D eigenvalue weighted by atomic mass is 10.0. The zero-order chi connectivity index (χ0) is 34.1. The van der Waals surface area contributed by atoms with Gasteiger partial charge in [0.15, 0.2) is 0 Å². The largest absolute Gasteiger partial charge is 0.310 e. The van der Waals surface area contributed by atoms with Crippen molar-refractivity contribution in [2.45, 2.75) is 13.8 Å². The molecule has 0 fully saturated rings. The monoisotopic (exact) mass is 644 g/mol. The van der Waals surface area contributed by atoms with Gasteiger partial charge in [-0.15, -0.1) is 0 Å². The molecule has 0 saturated heterocycles. The van der Waals surface area contributed by atoms with Gasteiger partial charge in [0, 0.05) is 34.1 Å². The Hall–Kier alpha value is -6.38. The molecule has 0 aliphatic heterocycles. The molecule has 7 aromatic carbocycles. The predicted molar refractivity (Wildman–Crippen MR) is 216 cm³/mol. The highest BCUT2D eigenvalue weighted by atomic mass is 15.1. The van der Waals surface area contributed by atoms with E-state index >= 15 is 0 Å². The fraction of sp³-hybridized carbons (Fsp3) is 0.0417. The number of hydrogen-bond donors (Lipinski definition) is 0. The van der Waals surface area contributed by atoms with Gasteiger partial charge in [-0.05, 0) is 120 Å². The molecule has 2 heteroatoms. The molecule has 0 N–H and O–H groups in total. The molecule has 0 unspecified atom stereocenters. The van der Waals surface area contributed by atoms with Crippen LogP contribution in [-0.2, 0) is 0 Å². The molecular weight excluding hydrogens is 605 g/mol. The molecule has 2 nitrogen and oxygen atoms in total. The van der Waals surface area contributed by atoms with Crippen molar-refractivity contribution in [1.29, 1.82) is 0 Å². The average molecular weight is 645 g/mol. The number of hydrogen-bond acceptors (Lipinski definition) is 2. The van der Waals surface area contributed by atoms with Gasteiger partial charge in [-0.25, -0.2) is 0 Å². The van der Waals surface area contributed by atoms with Gasteiger partial charge in [0.25, 0.3) is 0 Å². The van der Waals surface area contributed by atoms with E-state index in [4.69, 9.17) is 0 Å². The van der Waals surface area contributed by atoms with Gasteiger partial charge in [-0.3, -0.25) is 0 Å². The number of para-hydroxylation sites is 4. The van der Waals surface area contributed by atoms with Crippen LogP contribution in [-0.4, -0.2) is 0 Å². The molecule has 0 atom stereocenters. The zero-order valence-electron chi connectivity index (χ0n) is 28.5. The molecule has 0 aromatic heterocycles.